The third kappa shape index (κ3) is 6.54. The van der Waals surface area contributed by atoms with E-state index in [0.29, 0.717) is 29.2 Å². The van der Waals surface area contributed by atoms with Crippen molar-refractivity contribution in [1.82, 2.24) is 0 Å². The Bertz CT molecular complexity index is 994. The van der Waals surface area contributed by atoms with Crippen molar-refractivity contribution in [2.45, 2.75) is 31.8 Å². The van der Waals surface area contributed by atoms with Crippen LogP contribution in [0.1, 0.15) is 36.5 Å². The predicted molar refractivity (Wildman–Crippen MR) is 125 cm³/mol. The Labute approximate surface area is 191 Å². The van der Waals surface area contributed by atoms with E-state index in [9.17, 15) is 14.7 Å². The van der Waals surface area contributed by atoms with Crippen LogP contribution in [0.3, 0.4) is 0 Å². The van der Waals surface area contributed by atoms with Crippen molar-refractivity contribution >= 4 is 28.2 Å². The third-order valence-electron chi connectivity index (χ3n) is 4.48. The number of amides is 1. The van der Waals surface area contributed by atoms with Gasteiger partial charge in [0.1, 0.15) is 34.9 Å². The molecule has 1 amide bonds. The molecule has 0 aliphatic carbocycles. The topological polar surface area (TPSA) is 109 Å². The van der Waals surface area contributed by atoms with Crippen LogP contribution >= 0.6 is 11.3 Å². The molecule has 0 aliphatic rings. The van der Waals surface area contributed by atoms with Crippen LogP contribution in [0.2, 0.25) is 0 Å². The maximum Gasteiger partial charge on any atom is 0.341 e. The van der Waals surface area contributed by atoms with Crippen molar-refractivity contribution in [1.29, 1.82) is 5.26 Å². The van der Waals surface area contributed by atoms with E-state index in [1.807, 2.05) is 0 Å². The van der Waals surface area contributed by atoms with Crippen molar-refractivity contribution in [3.05, 3.63) is 60.5 Å². The summed E-state index contributed by atoms with van der Waals surface area (Å²) in [5.74, 6) is -0.507. The highest BCUT2D eigenvalue weighted by Crippen LogP contribution is 2.37. The van der Waals surface area contributed by atoms with Crippen molar-refractivity contribution in [3.8, 4) is 22.9 Å². The third-order valence-corrected chi connectivity index (χ3v) is 5.38. The number of nitrogens with zero attached hydrogens (tertiary/aromatic N) is 1. The lowest BCUT2D eigenvalue weighted by Gasteiger charge is -2.25. The number of esters is 1. The monoisotopic (exact) mass is 454 g/mol. The van der Waals surface area contributed by atoms with Gasteiger partial charge in [-0.2, -0.15) is 5.26 Å². The molecule has 0 spiro atoms. The Kier molecular flexibility index (Phi) is 9.20. The SMILES string of the molecule is C=CCC(O)(CC=C)COc1ccc(-c2csc(NC(=O)CC#N)c2C(=O)OCC)cc1. The van der Waals surface area contributed by atoms with Crippen molar-refractivity contribution in [2.24, 2.45) is 0 Å². The summed E-state index contributed by atoms with van der Waals surface area (Å²) in [5, 5.41) is 24.0. The largest absolute Gasteiger partial charge is 0.491 e. The van der Waals surface area contributed by atoms with Crippen LogP contribution in [-0.4, -0.2) is 35.8 Å². The van der Waals surface area contributed by atoms with Crippen molar-refractivity contribution in [2.75, 3.05) is 18.5 Å². The van der Waals surface area contributed by atoms with E-state index >= 15 is 0 Å². The maximum absolute atomic E-state index is 12.6. The first-order chi connectivity index (χ1) is 15.4. The molecule has 0 aliphatic heterocycles. The predicted octanol–water partition coefficient (Wildman–Crippen LogP) is 4.71. The summed E-state index contributed by atoms with van der Waals surface area (Å²) in [6.07, 6.45) is 3.70. The van der Waals surface area contributed by atoms with Gasteiger partial charge in [0.2, 0.25) is 5.91 Å². The molecule has 1 aromatic heterocycles. The number of benzene rings is 1. The highest BCUT2D eigenvalue weighted by Gasteiger charge is 2.25. The van der Waals surface area contributed by atoms with Gasteiger partial charge >= 0.3 is 5.97 Å². The molecule has 2 aromatic rings. The fraction of sp³-hybridized carbons (Fsp3) is 0.292. The number of nitriles is 1. The van der Waals surface area contributed by atoms with Crippen LogP contribution in [0.5, 0.6) is 5.75 Å². The quantitative estimate of drug-likeness (QED) is 0.355. The smallest absolute Gasteiger partial charge is 0.341 e. The first kappa shape index (κ1) is 24.9. The Morgan fingerprint density at radius 3 is 2.47 bits per heavy atom. The number of carbonyl (C=O) groups is 2. The first-order valence-corrected chi connectivity index (χ1v) is 10.9. The van der Waals surface area contributed by atoms with Gasteiger partial charge in [0.05, 0.1) is 12.7 Å². The Morgan fingerprint density at radius 1 is 1.25 bits per heavy atom. The van der Waals surface area contributed by atoms with Crippen LogP contribution in [0, 0.1) is 11.3 Å². The van der Waals surface area contributed by atoms with Gasteiger partial charge in [-0.05, 0) is 37.5 Å². The number of carbonyl (C=O) groups excluding carboxylic acids is 2. The Balaban J connectivity index is 2.26. The summed E-state index contributed by atoms with van der Waals surface area (Å²) in [4.78, 5) is 24.4. The number of rotatable bonds is 12. The van der Waals surface area contributed by atoms with Gasteiger partial charge in [0.15, 0.2) is 0 Å². The van der Waals surface area contributed by atoms with Gasteiger partial charge < -0.3 is 19.9 Å². The van der Waals surface area contributed by atoms with E-state index in [1.165, 1.54) is 11.3 Å². The minimum absolute atomic E-state index is 0.0754. The standard InChI is InChI=1S/C24H26N2O5S/c1-4-12-24(29,13-5-2)16-31-18-9-7-17(8-10-18)19-15-32-22(26-20(27)11-14-25)21(19)23(28)30-6-3/h4-5,7-10,15,29H,1-2,6,11-13,16H2,3H3,(H,26,27). The molecule has 2 rings (SSSR count). The lowest BCUT2D eigenvalue weighted by molar-refractivity contribution is -0.115. The first-order valence-electron chi connectivity index (χ1n) is 10.00. The lowest BCUT2D eigenvalue weighted by atomic mass is 9.97. The van der Waals surface area contributed by atoms with Crippen molar-refractivity contribution in [3.63, 3.8) is 0 Å². The highest BCUT2D eigenvalue weighted by molar-refractivity contribution is 7.15. The number of hydrogen-bond acceptors (Lipinski definition) is 7. The zero-order valence-corrected chi connectivity index (χ0v) is 18.7. The van der Waals surface area contributed by atoms with Gasteiger partial charge in [-0.1, -0.05) is 24.3 Å². The zero-order valence-electron chi connectivity index (χ0n) is 17.9. The maximum atomic E-state index is 12.6. The van der Waals surface area contributed by atoms with Crippen molar-refractivity contribution < 1.29 is 24.2 Å². The summed E-state index contributed by atoms with van der Waals surface area (Å²) in [5.41, 5.74) is 0.485. The zero-order chi connectivity index (χ0) is 23.6. The van der Waals surface area contributed by atoms with Gasteiger partial charge in [0, 0.05) is 10.9 Å². The van der Waals surface area contributed by atoms with E-state index in [4.69, 9.17) is 14.7 Å². The fourth-order valence-corrected chi connectivity index (χ4v) is 3.97. The minimum atomic E-state index is -1.08. The summed E-state index contributed by atoms with van der Waals surface area (Å²) >= 11 is 1.18. The summed E-state index contributed by atoms with van der Waals surface area (Å²) in [6.45, 7) is 9.29. The number of ether oxygens (including phenoxy) is 2. The average Bonchev–Trinajstić information content (AvgIpc) is 3.17. The van der Waals surface area contributed by atoms with Crippen LogP contribution in [0.25, 0.3) is 11.1 Å². The molecule has 1 heterocycles. The van der Waals surface area contributed by atoms with Crippen LogP contribution in [0.15, 0.2) is 55.0 Å². The van der Waals surface area contributed by atoms with Crippen LogP contribution < -0.4 is 10.1 Å². The molecule has 32 heavy (non-hydrogen) atoms. The second kappa shape index (κ2) is 11.8. The van der Waals surface area contributed by atoms with Gasteiger partial charge in [-0.25, -0.2) is 4.79 Å². The fourth-order valence-electron chi connectivity index (χ4n) is 3.00. The summed E-state index contributed by atoms with van der Waals surface area (Å²) < 4.78 is 10.9. The van der Waals surface area contributed by atoms with E-state index in [0.717, 1.165) is 5.56 Å². The number of anilines is 1. The molecule has 0 radical (unpaired) electrons. The van der Waals surface area contributed by atoms with E-state index in [2.05, 4.69) is 18.5 Å². The molecule has 0 fully saturated rings. The van der Waals surface area contributed by atoms with Gasteiger partial charge in [0.25, 0.3) is 0 Å². The summed E-state index contributed by atoms with van der Waals surface area (Å²) in [7, 11) is 0. The van der Waals surface area contributed by atoms with Gasteiger partial charge in [-0.15, -0.1) is 24.5 Å². The molecule has 0 saturated heterocycles. The van der Waals surface area contributed by atoms with E-state index in [-0.39, 0.29) is 25.2 Å². The number of aliphatic hydroxyl groups is 1. The normalized spacial score (nSPS) is 10.7. The van der Waals surface area contributed by atoms with E-state index < -0.39 is 17.5 Å². The van der Waals surface area contributed by atoms with Crippen LogP contribution in [-0.2, 0) is 9.53 Å². The Morgan fingerprint density at radius 2 is 1.91 bits per heavy atom. The van der Waals surface area contributed by atoms with Gasteiger partial charge in [-0.3, -0.25) is 4.79 Å². The average molecular weight is 455 g/mol. The van der Waals surface area contributed by atoms with E-state index in [1.54, 1.807) is 54.8 Å². The molecule has 0 saturated carbocycles. The molecule has 168 valence electrons. The minimum Gasteiger partial charge on any atom is -0.491 e. The molecule has 0 unspecified atom stereocenters. The molecule has 0 atom stereocenters. The molecular formula is C24H26N2O5S. The second-order valence-corrected chi connectivity index (χ2v) is 7.86. The number of nitrogens with one attached hydrogen (secondary N) is 1. The molecule has 7 nitrogen and oxygen atoms in total. The molecule has 8 heteroatoms. The Hall–Kier alpha value is -3.41. The molecular weight excluding hydrogens is 428 g/mol. The van der Waals surface area contributed by atoms with Crippen LogP contribution in [0.4, 0.5) is 5.00 Å². The number of thiophene rings is 1. The second-order valence-electron chi connectivity index (χ2n) is 6.98. The molecule has 0 bridgehead atoms. The highest BCUT2D eigenvalue weighted by atomic mass is 32.1. The lowest BCUT2D eigenvalue weighted by Crippen LogP contribution is -2.34. The summed E-state index contributed by atoms with van der Waals surface area (Å²) in [6, 6.07) is 8.80. The molecule has 1 aromatic carbocycles. The number of hydrogen-bond donors (Lipinski definition) is 2. The molecule has 2 N–H and O–H groups in total.